The molecule has 0 aliphatic rings. The molecule has 1 amide bonds. The number of carboxylic acid groups (broad SMARTS) is 1. The van der Waals surface area contributed by atoms with Crippen LogP contribution in [-0.2, 0) is 4.79 Å². The third-order valence-electron chi connectivity index (χ3n) is 1.89. The average Bonchev–Trinajstić information content (AvgIpc) is 2.16. The van der Waals surface area contributed by atoms with Crippen molar-refractivity contribution < 1.29 is 14.7 Å². The Hall–Kier alpha value is -1.88. The number of para-hydroxylation sites is 1. The maximum atomic E-state index is 11.5. The highest BCUT2D eigenvalue weighted by molar-refractivity contribution is 6.00. The zero-order valence-electron chi connectivity index (χ0n) is 9.23. The van der Waals surface area contributed by atoms with E-state index in [9.17, 15) is 9.59 Å². The molecule has 0 heterocycles. The van der Waals surface area contributed by atoms with Crippen molar-refractivity contribution >= 4 is 17.6 Å². The van der Waals surface area contributed by atoms with E-state index in [0.29, 0.717) is 5.69 Å². The van der Waals surface area contributed by atoms with E-state index >= 15 is 0 Å². The van der Waals surface area contributed by atoms with Crippen LogP contribution in [0.15, 0.2) is 24.3 Å². The number of carbonyl (C=O) groups excluding carboxylic acids is 1. The number of rotatable bonds is 4. The molecular formula is C11H14N2O3. The first-order valence-corrected chi connectivity index (χ1v) is 4.77. The van der Waals surface area contributed by atoms with Crippen LogP contribution in [0.5, 0.6) is 0 Å². The fourth-order valence-electron chi connectivity index (χ4n) is 1.26. The monoisotopic (exact) mass is 222 g/mol. The van der Waals surface area contributed by atoms with Crippen molar-refractivity contribution in [3.05, 3.63) is 29.8 Å². The summed E-state index contributed by atoms with van der Waals surface area (Å²) >= 11 is 0. The van der Waals surface area contributed by atoms with Crippen LogP contribution in [0.4, 0.5) is 5.69 Å². The summed E-state index contributed by atoms with van der Waals surface area (Å²) in [7, 11) is 3.53. The molecule has 0 saturated heterocycles. The molecule has 0 aliphatic heterocycles. The van der Waals surface area contributed by atoms with Gasteiger partial charge in [0.1, 0.15) is 0 Å². The maximum Gasteiger partial charge on any atom is 0.337 e. The standard InChI is InChI=1S/C11H14N2O3/c1-13(2)7-10(14)12-9-6-4-3-5-8(9)11(15)16/h3-6H,7H2,1-2H3,(H,12,14)(H,15,16). The van der Waals surface area contributed by atoms with Gasteiger partial charge in [-0.1, -0.05) is 12.1 Å². The summed E-state index contributed by atoms with van der Waals surface area (Å²) in [5, 5.41) is 11.5. The lowest BCUT2D eigenvalue weighted by Crippen LogP contribution is -2.27. The third-order valence-corrected chi connectivity index (χ3v) is 1.89. The summed E-state index contributed by atoms with van der Waals surface area (Å²) in [5.41, 5.74) is 0.413. The Morgan fingerprint density at radius 3 is 2.50 bits per heavy atom. The highest BCUT2D eigenvalue weighted by Gasteiger charge is 2.11. The van der Waals surface area contributed by atoms with Crippen molar-refractivity contribution in [1.82, 2.24) is 4.90 Å². The molecule has 0 unspecified atom stereocenters. The topological polar surface area (TPSA) is 69.6 Å². The average molecular weight is 222 g/mol. The van der Waals surface area contributed by atoms with Gasteiger partial charge in [0.25, 0.3) is 0 Å². The molecule has 0 bridgehead atoms. The van der Waals surface area contributed by atoms with Crippen LogP contribution < -0.4 is 5.32 Å². The lowest BCUT2D eigenvalue weighted by Gasteiger charge is -2.11. The van der Waals surface area contributed by atoms with E-state index in [4.69, 9.17) is 5.11 Å². The Labute approximate surface area is 93.7 Å². The molecule has 0 atom stereocenters. The number of anilines is 1. The van der Waals surface area contributed by atoms with E-state index in [-0.39, 0.29) is 18.0 Å². The molecule has 5 heteroatoms. The first kappa shape index (κ1) is 12.2. The van der Waals surface area contributed by atoms with Crippen LogP contribution in [0.3, 0.4) is 0 Å². The van der Waals surface area contributed by atoms with Gasteiger partial charge in [0.2, 0.25) is 5.91 Å². The summed E-state index contributed by atoms with van der Waals surface area (Å²) < 4.78 is 0. The van der Waals surface area contributed by atoms with Gasteiger partial charge in [-0.05, 0) is 26.2 Å². The molecule has 16 heavy (non-hydrogen) atoms. The minimum atomic E-state index is -1.05. The van der Waals surface area contributed by atoms with Crippen LogP contribution in [0, 0.1) is 0 Å². The van der Waals surface area contributed by atoms with E-state index in [1.165, 1.54) is 6.07 Å². The molecular weight excluding hydrogens is 208 g/mol. The van der Waals surface area contributed by atoms with Gasteiger partial charge in [0, 0.05) is 0 Å². The number of amides is 1. The van der Waals surface area contributed by atoms with Crippen LogP contribution in [0.25, 0.3) is 0 Å². The summed E-state index contributed by atoms with van der Waals surface area (Å²) in [4.78, 5) is 24.0. The largest absolute Gasteiger partial charge is 0.478 e. The quantitative estimate of drug-likeness (QED) is 0.793. The van der Waals surface area contributed by atoms with E-state index in [1.807, 2.05) is 0 Å². The molecule has 0 aromatic heterocycles. The fourth-order valence-corrected chi connectivity index (χ4v) is 1.26. The van der Waals surface area contributed by atoms with Crippen molar-refractivity contribution in [2.45, 2.75) is 0 Å². The lowest BCUT2D eigenvalue weighted by atomic mass is 10.2. The molecule has 5 nitrogen and oxygen atoms in total. The Kier molecular flexibility index (Phi) is 4.02. The molecule has 2 N–H and O–H groups in total. The van der Waals surface area contributed by atoms with E-state index in [0.717, 1.165) is 0 Å². The van der Waals surface area contributed by atoms with Gasteiger partial charge in [-0.2, -0.15) is 0 Å². The smallest absolute Gasteiger partial charge is 0.337 e. The highest BCUT2D eigenvalue weighted by atomic mass is 16.4. The number of carboxylic acids is 1. The molecule has 0 saturated carbocycles. The summed E-state index contributed by atoms with van der Waals surface area (Å²) in [6.45, 7) is 0.216. The van der Waals surface area contributed by atoms with Crippen molar-refractivity contribution in [2.75, 3.05) is 26.0 Å². The number of hydrogen-bond acceptors (Lipinski definition) is 3. The second-order valence-electron chi connectivity index (χ2n) is 3.64. The van der Waals surface area contributed by atoms with Crippen LogP contribution in [0.1, 0.15) is 10.4 Å². The number of likely N-dealkylation sites (N-methyl/N-ethyl adjacent to an activating group) is 1. The van der Waals surface area contributed by atoms with Gasteiger partial charge in [0.05, 0.1) is 17.8 Å². The number of hydrogen-bond donors (Lipinski definition) is 2. The third kappa shape index (κ3) is 3.36. The molecule has 86 valence electrons. The zero-order chi connectivity index (χ0) is 12.1. The van der Waals surface area contributed by atoms with E-state index in [2.05, 4.69) is 5.32 Å². The fraction of sp³-hybridized carbons (Fsp3) is 0.273. The Balaban J connectivity index is 2.81. The molecule has 0 aliphatic carbocycles. The van der Waals surface area contributed by atoms with Gasteiger partial charge >= 0.3 is 5.97 Å². The predicted molar refractivity (Wildman–Crippen MR) is 60.6 cm³/mol. The molecule has 1 rings (SSSR count). The first-order chi connectivity index (χ1) is 7.50. The number of aromatic carboxylic acids is 1. The predicted octanol–water partition coefficient (Wildman–Crippen LogP) is 0.885. The van der Waals surface area contributed by atoms with Crippen molar-refractivity contribution in [3.63, 3.8) is 0 Å². The van der Waals surface area contributed by atoms with Crippen molar-refractivity contribution in [3.8, 4) is 0 Å². The molecule has 0 spiro atoms. The van der Waals surface area contributed by atoms with E-state index in [1.54, 1.807) is 37.2 Å². The normalized spacial score (nSPS) is 10.2. The van der Waals surface area contributed by atoms with E-state index < -0.39 is 5.97 Å². The maximum absolute atomic E-state index is 11.5. The molecule has 1 aromatic carbocycles. The van der Waals surface area contributed by atoms with Gasteiger partial charge in [-0.3, -0.25) is 4.79 Å². The second-order valence-corrected chi connectivity index (χ2v) is 3.64. The number of carbonyl (C=O) groups is 2. The van der Waals surface area contributed by atoms with Crippen LogP contribution >= 0.6 is 0 Å². The van der Waals surface area contributed by atoms with Crippen LogP contribution in [0.2, 0.25) is 0 Å². The lowest BCUT2D eigenvalue weighted by molar-refractivity contribution is -0.116. The Morgan fingerprint density at radius 1 is 1.31 bits per heavy atom. The summed E-state index contributed by atoms with van der Waals surface area (Å²) in [6.07, 6.45) is 0. The minimum absolute atomic E-state index is 0.0922. The molecule has 1 aromatic rings. The van der Waals surface area contributed by atoms with Crippen molar-refractivity contribution in [1.29, 1.82) is 0 Å². The SMILES string of the molecule is CN(C)CC(=O)Nc1ccccc1C(=O)O. The van der Waals surface area contributed by atoms with Crippen molar-refractivity contribution in [2.24, 2.45) is 0 Å². The zero-order valence-corrected chi connectivity index (χ0v) is 9.23. The Morgan fingerprint density at radius 2 is 1.94 bits per heavy atom. The van der Waals surface area contributed by atoms with Gasteiger partial charge in [-0.25, -0.2) is 4.79 Å². The second kappa shape index (κ2) is 5.27. The number of nitrogens with zero attached hydrogens (tertiary/aromatic N) is 1. The van der Waals surface area contributed by atoms with Gasteiger partial charge in [-0.15, -0.1) is 0 Å². The molecule has 0 fully saturated rings. The van der Waals surface area contributed by atoms with Gasteiger partial charge < -0.3 is 15.3 Å². The van der Waals surface area contributed by atoms with Crippen LogP contribution in [-0.4, -0.2) is 42.5 Å². The highest BCUT2D eigenvalue weighted by Crippen LogP contribution is 2.14. The minimum Gasteiger partial charge on any atom is -0.478 e. The summed E-state index contributed by atoms with van der Waals surface area (Å²) in [6, 6.07) is 6.31. The summed E-state index contributed by atoms with van der Waals surface area (Å²) in [5.74, 6) is -1.29. The first-order valence-electron chi connectivity index (χ1n) is 4.77. The number of nitrogens with one attached hydrogen (secondary N) is 1. The molecule has 0 radical (unpaired) electrons. The number of benzene rings is 1. The Bertz CT molecular complexity index is 402. The van der Waals surface area contributed by atoms with Gasteiger partial charge in [0.15, 0.2) is 0 Å².